The van der Waals surface area contributed by atoms with Gasteiger partial charge in [0.25, 0.3) is 11.7 Å². The molecule has 1 N–H and O–H groups in total. The number of hydrogen-bond donors (Lipinski definition) is 1. The van der Waals surface area contributed by atoms with Gasteiger partial charge in [-0.2, -0.15) is 14.0 Å². The number of ether oxygens (including phenoxy) is 2. The highest BCUT2D eigenvalue weighted by Gasteiger charge is 2.12. The maximum absolute atomic E-state index is 12.6. The molecule has 6 nitrogen and oxygen atoms in total. The number of amides is 1. The van der Waals surface area contributed by atoms with Crippen LogP contribution in [0, 0.1) is 11.3 Å². The highest BCUT2D eigenvalue weighted by Crippen LogP contribution is 2.27. The molecule has 0 saturated heterocycles. The van der Waals surface area contributed by atoms with Crippen molar-refractivity contribution in [3.05, 3.63) is 95.1 Å². The number of nitrogens with one attached hydrogen (secondary N) is 1. The van der Waals surface area contributed by atoms with Gasteiger partial charge >= 0.3 is 5.97 Å². The van der Waals surface area contributed by atoms with E-state index < -0.39 is 17.6 Å². The standard InChI is InChI=1S/C26H20F2N2O4S/c1-33-25(32)18-8-6-17(7-9-18)16-34-23-5-3-2-4-19(23)14-20(15-29)24(31)30-21-10-12-22(13-11-21)35-26(27)28/h2-14,26H,16H2,1H3,(H,30,31)/b20-14+. The van der Waals surface area contributed by atoms with Gasteiger partial charge in [-0.3, -0.25) is 4.79 Å². The molecule has 9 heteroatoms. The third-order valence-electron chi connectivity index (χ3n) is 4.69. The molecule has 0 aliphatic carbocycles. The molecule has 0 saturated carbocycles. The van der Waals surface area contributed by atoms with Gasteiger partial charge in [0.2, 0.25) is 0 Å². The van der Waals surface area contributed by atoms with Crippen molar-refractivity contribution in [3.63, 3.8) is 0 Å². The summed E-state index contributed by atoms with van der Waals surface area (Å²) < 4.78 is 35.5. The third kappa shape index (κ3) is 7.42. The number of nitrogens with zero attached hydrogens (tertiary/aromatic N) is 1. The monoisotopic (exact) mass is 494 g/mol. The largest absolute Gasteiger partial charge is 0.488 e. The number of benzene rings is 3. The molecule has 0 radical (unpaired) electrons. The van der Waals surface area contributed by atoms with Gasteiger partial charge in [-0.1, -0.05) is 42.1 Å². The van der Waals surface area contributed by atoms with E-state index in [9.17, 15) is 23.6 Å². The Hall–Kier alpha value is -4.16. The quantitative estimate of drug-likeness (QED) is 0.172. The lowest BCUT2D eigenvalue weighted by molar-refractivity contribution is -0.112. The average molecular weight is 495 g/mol. The summed E-state index contributed by atoms with van der Waals surface area (Å²) in [5.41, 5.74) is 1.97. The molecule has 3 aromatic carbocycles. The van der Waals surface area contributed by atoms with E-state index in [2.05, 4.69) is 10.1 Å². The molecule has 1 amide bonds. The van der Waals surface area contributed by atoms with Crippen LogP contribution in [0.4, 0.5) is 14.5 Å². The average Bonchev–Trinajstić information content (AvgIpc) is 2.87. The normalized spacial score (nSPS) is 11.0. The number of methoxy groups -OCH3 is 1. The van der Waals surface area contributed by atoms with Crippen LogP contribution in [0.3, 0.4) is 0 Å². The first-order valence-electron chi connectivity index (χ1n) is 10.3. The summed E-state index contributed by atoms with van der Waals surface area (Å²) in [6.07, 6.45) is 1.41. The lowest BCUT2D eigenvalue weighted by atomic mass is 10.1. The number of hydrogen-bond acceptors (Lipinski definition) is 6. The number of halogens is 2. The number of rotatable bonds is 9. The Morgan fingerprint density at radius 1 is 1.06 bits per heavy atom. The van der Waals surface area contributed by atoms with Crippen molar-refractivity contribution >= 4 is 35.4 Å². The van der Waals surface area contributed by atoms with Crippen LogP contribution in [-0.4, -0.2) is 24.7 Å². The Bertz CT molecular complexity index is 1250. The van der Waals surface area contributed by atoms with Gasteiger partial charge in [0.15, 0.2) is 0 Å². The zero-order chi connectivity index (χ0) is 25.2. The SMILES string of the molecule is COC(=O)c1ccc(COc2ccccc2/C=C(\C#N)C(=O)Nc2ccc(SC(F)F)cc2)cc1. The maximum Gasteiger partial charge on any atom is 0.337 e. The highest BCUT2D eigenvalue weighted by atomic mass is 32.2. The lowest BCUT2D eigenvalue weighted by Gasteiger charge is -2.10. The van der Waals surface area contributed by atoms with Crippen LogP contribution < -0.4 is 10.1 Å². The van der Waals surface area contributed by atoms with Crippen LogP contribution >= 0.6 is 11.8 Å². The van der Waals surface area contributed by atoms with Crippen molar-refractivity contribution in [1.29, 1.82) is 5.26 Å². The number of alkyl halides is 2. The number of esters is 1. The van der Waals surface area contributed by atoms with Crippen LogP contribution in [0.25, 0.3) is 6.08 Å². The Kier molecular flexibility index (Phi) is 8.98. The maximum atomic E-state index is 12.6. The summed E-state index contributed by atoms with van der Waals surface area (Å²) in [5, 5.41) is 12.1. The summed E-state index contributed by atoms with van der Waals surface area (Å²) in [6, 6.07) is 21.4. The van der Waals surface area contributed by atoms with Crippen molar-refractivity contribution in [2.24, 2.45) is 0 Å². The molecule has 0 spiro atoms. The molecular weight excluding hydrogens is 474 g/mol. The van der Waals surface area contributed by atoms with Crippen LogP contribution in [-0.2, 0) is 16.1 Å². The van der Waals surface area contributed by atoms with E-state index in [1.807, 2.05) is 6.07 Å². The zero-order valence-corrected chi connectivity index (χ0v) is 19.4. The van der Waals surface area contributed by atoms with E-state index in [0.29, 0.717) is 39.2 Å². The smallest absolute Gasteiger partial charge is 0.337 e. The fourth-order valence-corrected chi connectivity index (χ4v) is 3.47. The molecule has 178 valence electrons. The van der Waals surface area contributed by atoms with Crippen LogP contribution in [0.5, 0.6) is 5.75 Å². The van der Waals surface area contributed by atoms with Gasteiger partial charge in [-0.05, 0) is 54.1 Å². The van der Waals surface area contributed by atoms with E-state index in [4.69, 9.17) is 4.74 Å². The van der Waals surface area contributed by atoms with Crippen LogP contribution in [0.2, 0.25) is 0 Å². The van der Waals surface area contributed by atoms with Crippen molar-refractivity contribution in [2.45, 2.75) is 17.3 Å². The van der Waals surface area contributed by atoms with Gasteiger partial charge in [0.05, 0.1) is 12.7 Å². The minimum Gasteiger partial charge on any atom is -0.488 e. The number of carbonyl (C=O) groups excluding carboxylic acids is 2. The van der Waals surface area contributed by atoms with E-state index in [-0.39, 0.29) is 12.2 Å². The fraction of sp³-hybridized carbons (Fsp3) is 0.115. The number of nitriles is 1. The number of para-hydroxylation sites is 1. The summed E-state index contributed by atoms with van der Waals surface area (Å²) in [4.78, 5) is 24.5. The molecule has 35 heavy (non-hydrogen) atoms. The minimum absolute atomic E-state index is 0.158. The second kappa shape index (κ2) is 12.3. The van der Waals surface area contributed by atoms with E-state index in [0.717, 1.165) is 5.56 Å². The second-order valence-corrected chi connectivity index (χ2v) is 8.11. The molecule has 3 aromatic rings. The molecule has 0 atom stereocenters. The van der Waals surface area contributed by atoms with E-state index >= 15 is 0 Å². The van der Waals surface area contributed by atoms with E-state index in [1.165, 1.54) is 37.5 Å². The number of carbonyl (C=O) groups is 2. The van der Waals surface area contributed by atoms with Gasteiger partial charge in [0.1, 0.15) is 24.0 Å². The molecule has 0 bridgehead atoms. The van der Waals surface area contributed by atoms with Crippen molar-refractivity contribution < 1.29 is 27.8 Å². The number of thioether (sulfide) groups is 1. The van der Waals surface area contributed by atoms with Gasteiger partial charge in [-0.15, -0.1) is 0 Å². The predicted molar refractivity (Wildman–Crippen MR) is 129 cm³/mol. The van der Waals surface area contributed by atoms with Crippen molar-refractivity contribution in [3.8, 4) is 11.8 Å². The molecular formula is C26H20F2N2O4S. The van der Waals surface area contributed by atoms with Crippen LogP contribution in [0.1, 0.15) is 21.5 Å². The zero-order valence-electron chi connectivity index (χ0n) is 18.5. The summed E-state index contributed by atoms with van der Waals surface area (Å²) >= 11 is 0.402. The highest BCUT2D eigenvalue weighted by molar-refractivity contribution is 7.99. The lowest BCUT2D eigenvalue weighted by Crippen LogP contribution is -2.13. The molecule has 0 aliphatic heterocycles. The van der Waals surface area contributed by atoms with Crippen molar-refractivity contribution in [1.82, 2.24) is 0 Å². The molecule has 0 aliphatic rings. The summed E-state index contributed by atoms with van der Waals surface area (Å²) in [6.45, 7) is 0.198. The molecule has 0 unspecified atom stereocenters. The predicted octanol–water partition coefficient (Wildman–Crippen LogP) is 5.91. The Labute approximate surface area is 205 Å². The number of anilines is 1. The Morgan fingerprint density at radius 2 is 1.74 bits per heavy atom. The van der Waals surface area contributed by atoms with Crippen LogP contribution in [0.15, 0.2) is 83.3 Å². The fourth-order valence-electron chi connectivity index (χ4n) is 2.97. The first-order valence-corrected chi connectivity index (χ1v) is 11.1. The molecule has 0 aromatic heterocycles. The first kappa shape index (κ1) is 25.5. The van der Waals surface area contributed by atoms with Crippen molar-refractivity contribution in [2.75, 3.05) is 12.4 Å². The minimum atomic E-state index is -2.54. The second-order valence-electron chi connectivity index (χ2n) is 7.04. The molecule has 0 heterocycles. The van der Waals surface area contributed by atoms with Gasteiger partial charge in [0, 0.05) is 16.1 Å². The van der Waals surface area contributed by atoms with Gasteiger partial charge in [-0.25, -0.2) is 4.79 Å². The Morgan fingerprint density at radius 3 is 2.37 bits per heavy atom. The summed E-state index contributed by atoms with van der Waals surface area (Å²) in [5.74, 6) is -3.16. The first-order chi connectivity index (χ1) is 16.9. The molecule has 3 rings (SSSR count). The van der Waals surface area contributed by atoms with Gasteiger partial charge < -0.3 is 14.8 Å². The third-order valence-corrected chi connectivity index (χ3v) is 5.41. The topological polar surface area (TPSA) is 88.4 Å². The molecule has 0 fully saturated rings. The summed E-state index contributed by atoms with van der Waals surface area (Å²) in [7, 11) is 1.31. The Balaban J connectivity index is 1.70. The van der Waals surface area contributed by atoms with E-state index in [1.54, 1.807) is 48.5 Å².